The Morgan fingerprint density at radius 1 is 0.938 bits per heavy atom. The van der Waals surface area contributed by atoms with E-state index in [1.807, 2.05) is 13.8 Å². The number of hydrogen-bond donors (Lipinski definition) is 2. The molecule has 4 heteroatoms. The van der Waals surface area contributed by atoms with Crippen molar-refractivity contribution in [3.8, 4) is 0 Å². The first-order valence-corrected chi connectivity index (χ1v) is 6.14. The molecule has 3 aliphatic heterocycles. The summed E-state index contributed by atoms with van der Waals surface area (Å²) < 4.78 is 0. The predicted octanol–water partition coefficient (Wildman–Crippen LogP) is 0.820. The zero-order valence-electron chi connectivity index (χ0n) is 10.0. The molecule has 0 amide bonds. The monoisotopic (exact) mass is 224 g/mol. The highest BCUT2D eigenvalue weighted by Gasteiger charge is 2.48. The molecule has 2 atom stereocenters. The van der Waals surface area contributed by atoms with Gasteiger partial charge in [0, 0.05) is 13.1 Å². The van der Waals surface area contributed by atoms with Crippen LogP contribution in [-0.4, -0.2) is 44.6 Å². The van der Waals surface area contributed by atoms with Crippen LogP contribution < -0.4 is 0 Å². The SMILES string of the molecule is C[C@]1(O)CCC2=C3N1CCN3[C@](C)(O)CC2. The van der Waals surface area contributed by atoms with Crippen LogP contribution in [0, 0.1) is 0 Å². The molecule has 0 aromatic rings. The summed E-state index contributed by atoms with van der Waals surface area (Å²) in [4.78, 5) is 4.14. The lowest BCUT2D eigenvalue weighted by Crippen LogP contribution is -2.52. The van der Waals surface area contributed by atoms with E-state index in [1.165, 1.54) is 5.57 Å². The van der Waals surface area contributed by atoms with Gasteiger partial charge in [0.25, 0.3) is 0 Å². The van der Waals surface area contributed by atoms with Crippen LogP contribution in [-0.2, 0) is 0 Å². The van der Waals surface area contributed by atoms with Gasteiger partial charge in [0.2, 0.25) is 0 Å². The van der Waals surface area contributed by atoms with E-state index in [1.54, 1.807) is 0 Å². The molecule has 0 unspecified atom stereocenters. The van der Waals surface area contributed by atoms with E-state index in [9.17, 15) is 10.2 Å². The molecule has 0 radical (unpaired) electrons. The molecule has 3 heterocycles. The molecule has 0 aliphatic carbocycles. The summed E-state index contributed by atoms with van der Waals surface area (Å²) in [5.74, 6) is 1.10. The molecule has 1 fully saturated rings. The zero-order chi connectivity index (χ0) is 11.6. The van der Waals surface area contributed by atoms with E-state index in [-0.39, 0.29) is 0 Å². The van der Waals surface area contributed by atoms with E-state index in [0.29, 0.717) is 0 Å². The lowest BCUT2D eigenvalue weighted by molar-refractivity contribution is -0.117. The minimum atomic E-state index is -0.735. The summed E-state index contributed by atoms with van der Waals surface area (Å²) in [5, 5.41) is 20.7. The highest BCUT2D eigenvalue weighted by atomic mass is 16.3. The van der Waals surface area contributed by atoms with Crippen LogP contribution >= 0.6 is 0 Å². The number of allylic oxidation sites excluding steroid dienone is 1. The van der Waals surface area contributed by atoms with Gasteiger partial charge in [0.15, 0.2) is 0 Å². The van der Waals surface area contributed by atoms with Crippen molar-refractivity contribution in [1.82, 2.24) is 9.80 Å². The normalized spacial score (nSPS) is 42.8. The van der Waals surface area contributed by atoms with Crippen LogP contribution in [0.2, 0.25) is 0 Å². The minimum Gasteiger partial charge on any atom is -0.371 e. The Morgan fingerprint density at radius 2 is 1.38 bits per heavy atom. The van der Waals surface area contributed by atoms with Crippen molar-refractivity contribution in [2.75, 3.05) is 13.1 Å². The third-order valence-electron chi connectivity index (χ3n) is 4.34. The van der Waals surface area contributed by atoms with Crippen LogP contribution in [0.4, 0.5) is 0 Å². The third kappa shape index (κ3) is 1.23. The Bertz CT molecular complexity index is 328. The molecule has 90 valence electrons. The van der Waals surface area contributed by atoms with E-state index >= 15 is 0 Å². The Kier molecular flexibility index (Phi) is 1.91. The quantitative estimate of drug-likeness (QED) is 0.639. The molecule has 16 heavy (non-hydrogen) atoms. The molecular weight excluding hydrogens is 204 g/mol. The maximum atomic E-state index is 10.4. The molecule has 0 spiro atoms. The van der Waals surface area contributed by atoms with Crippen LogP contribution in [0.25, 0.3) is 0 Å². The summed E-state index contributed by atoms with van der Waals surface area (Å²) in [5.41, 5.74) is -0.0577. The molecular formula is C12H20N2O2. The molecule has 1 saturated heterocycles. The van der Waals surface area contributed by atoms with Crippen LogP contribution in [0.5, 0.6) is 0 Å². The molecule has 0 aromatic heterocycles. The molecule has 4 nitrogen and oxygen atoms in total. The van der Waals surface area contributed by atoms with Gasteiger partial charge in [-0.1, -0.05) is 0 Å². The van der Waals surface area contributed by atoms with Gasteiger partial charge in [0.1, 0.15) is 17.3 Å². The van der Waals surface area contributed by atoms with Gasteiger partial charge >= 0.3 is 0 Å². The Morgan fingerprint density at radius 3 is 1.81 bits per heavy atom. The average molecular weight is 224 g/mol. The summed E-state index contributed by atoms with van der Waals surface area (Å²) >= 11 is 0. The van der Waals surface area contributed by atoms with Gasteiger partial charge in [-0.2, -0.15) is 0 Å². The van der Waals surface area contributed by atoms with Crippen molar-refractivity contribution >= 4 is 0 Å². The fraction of sp³-hybridized carbons (Fsp3) is 0.833. The summed E-state index contributed by atoms with van der Waals surface area (Å²) in [7, 11) is 0. The van der Waals surface area contributed by atoms with E-state index in [2.05, 4.69) is 9.80 Å². The third-order valence-corrected chi connectivity index (χ3v) is 4.34. The first-order valence-electron chi connectivity index (χ1n) is 6.14. The first-order chi connectivity index (χ1) is 7.42. The second kappa shape index (κ2) is 2.93. The lowest BCUT2D eigenvalue weighted by Gasteiger charge is -2.48. The van der Waals surface area contributed by atoms with Gasteiger partial charge in [-0.3, -0.25) is 0 Å². The van der Waals surface area contributed by atoms with E-state index in [0.717, 1.165) is 44.6 Å². The van der Waals surface area contributed by atoms with Gasteiger partial charge in [0.05, 0.1) is 0 Å². The second-order valence-electron chi connectivity index (χ2n) is 5.66. The number of nitrogens with zero attached hydrogens (tertiary/aromatic N) is 2. The lowest BCUT2D eigenvalue weighted by atomic mass is 9.89. The van der Waals surface area contributed by atoms with E-state index in [4.69, 9.17) is 0 Å². The molecule has 3 rings (SSSR count). The Hall–Kier alpha value is -0.740. The molecule has 0 bridgehead atoms. The Balaban J connectivity index is 2.05. The van der Waals surface area contributed by atoms with Crippen molar-refractivity contribution in [1.29, 1.82) is 0 Å². The topological polar surface area (TPSA) is 46.9 Å². The van der Waals surface area contributed by atoms with E-state index < -0.39 is 11.4 Å². The summed E-state index contributed by atoms with van der Waals surface area (Å²) in [6.07, 6.45) is 3.54. The smallest absolute Gasteiger partial charge is 0.136 e. The highest BCUT2D eigenvalue weighted by Crippen LogP contribution is 2.45. The van der Waals surface area contributed by atoms with Crippen LogP contribution in [0.3, 0.4) is 0 Å². The van der Waals surface area contributed by atoms with Gasteiger partial charge in [-0.25, -0.2) is 0 Å². The number of hydrogen-bond acceptors (Lipinski definition) is 4. The largest absolute Gasteiger partial charge is 0.371 e. The van der Waals surface area contributed by atoms with Crippen molar-refractivity contribution in [2.24, 2.45) is 0 Å². The predicted molar refractivity (Wildman–Crippen MR) is 60.2 cm³/mol. The van der Waals surface area contributed by atoms with Crippen LogP contribution in [0.1, 0.15) is 39.5 Å². The van der Waals surface area contributed by atoms with Crippen molar-refractivity contribution in [3.63, 3.8) is 0 Å². The number of rotatable bonds is 0. The molecule has 3 aliphatic rings. The van der Waals surface area contributed by atoms with Gasteiger partial charge in [-0.05, 0) is 45.1 Å². The maximum absolute atomic E-state index is 10.4. The van der Waals surface area contributed by atoms with Crippen LogP contribution in [0.15, 0.2) is 11.4 Å². The van der Waals surface area contributed by atoms with Gasteiger partial charge in [-0.15, -0.1) is 0 Å². The zero-order valence-corrected chi connectivity index (χ0v) is 10.0. The van der Waals surface area contributed by atoms with Crippen molar-refractivity contribution in [2.45, 2.75) is 51.0 Å². The fourth-order valence-corrected chi connectivity index (χ4v) is 3.27. The maximum Gasteiger partial charge on any atom is 0.136 e. The molecule has 0 aromatic carbocycles. The summed E-state index contributed by atoms with van der Waals surface area (Å²) in [6, 6.07) is 0. The molecule has 2 N–H and O–H groups in total. The fourth-order valence-electron chi connectivity index (χ4n) is 3.27. The first kappa shape index (κ1) is 10.4. The minimum absolute atomic E-state index is 0.735. The summed E-state index contributed by atoms with van der Waals surface area (Å²) in [6.45, 7) is 5.40. The number of aliphatic hydroxyl groups is 2. The highest BCUT2D eigenvalue weighted by molar-refractivity contribution is 5.25. The van der Waals surface area contributed by atoms with Crippen molar-refractivity contribution in [3.05, 3.63) is 11.4 Å². The molecule has 0 saturated carbocycles. The van der Waals surface area contributed by atoms with Crippen molar-refractivity contribution < 1.29 is 10.2 Å². The standard InChI is InChI=1S/C12H20N2O2/c1-11(15)5-3-9-4-6-12(2,16)14-8-7-13(11)10(9)14/h15-16H,3-8H2,1-2H3/t11-,12+. The Labute approximate surface area is 96.2 Å². The average Bonchev–Trinajstić information content (AvgIpc) is 2.62. The second-order valence-corrected chi connectivity index (χ2v) is 5.66. The van der Waals surface area contributed by atoms with Gasteiger partial charge < -0.3 is 20.0 Å².